The van der Waals surface area contributed by atoms with Gasteiger partial charge in [-0.15, -0.1) is 10.2 Å². The molecule has 0 fully saturated rings. The lowest BCUT2D eigenvalue weighted by Gasteiger charge is -2.04. The van der Waals surface area contributed by atoms with Gasteiger partial charge in [0, 0.05) is 11.6 Å². The summed E-state index contributed by atoms with van der Waals surface area (Å²) in [7, 11) is 0. The fraction of sp³-hybridized carbons (Fsp3) is 0.125. The van der Waals surface area contributed by atoms with Crippen molar-refractivity contribution >= 4 is 5.69 Å². The lowest BCUT2D eigenvalue weighted by atomic mass is 10.1. The third kappa shape index (κ3) is 2.95. The van der Waals surface area contributed by atoms with Gasteiger partial charge in [0.2, 0.25) is 11.8 Å². The van der Waals surface area contributed by atoms with Crippen LogP contribution in [0.2, 0.25) is 0 Å². The Kier molecular flexibility index (Phi) is 3.82. The average Bonchev–Trinajstić information content (AvgIpc) is 2.95. The standard InChI is InChI=1S/C16H13F2N3O/c1-10-4-2-3-5-12(10)16-21-20-15(22-16)9-19-14-7-6-11(17)8-13(14)18/h2-8,19H,9H2,1H3. The maximum atomic E-state index is 13.5. The molecule has 0 unspecified atom stereocenters. The maximum absolute atomic E-state index is 13.5. The van der Waals surface area contributed by atoms with Gasteiger partial charge in [-0.3, -0.25) is 0 Å². The van der Waals surface area contributed by atoms with Crippen LogP contribution in [-0.4, -0.2) is 10.2 Å². The molecule has 0 bridgehead atoms. The SMILES string of the molecule is Cc1ccccc1-c1nnc(CNc2ccc(F)cc2F)o1. The molecule has 0 aliphatic carbocycles. The smallest absolute Gasteiger partial charge is 0.248 e. The number of aromatic nitrogens is 2. The molecule has 1 heterocycles. The molecule has 4 nitrogen and oxygen atoms in total. The van der Waals surface area contributed by atoms with Crippen molar-refractivity contribution in [1.82, 2.24) is 10.2 Å². The first-order valence-corrected chi connectivity index (χ1v) is 6.71. The van der Waals surface area contributed by atoms with Gasteiger partial charge in [-0.2, -0.15) is 0 Å². The summed E-state index contributed by atoms with van der Waals surface area (Å²) in [4.78, 5) is 0. The first kappa shape index (κ1) is 14.2. The highest BCUT2D eigenvalue weighted by molar-refractivity contribution is 5.57. The molecule has 0 aliphatic heterocycles. The molecule has 0 aliphatic rings. The number of halogens is 2. The van der Waals surface area contributed by atoms with E-state index in [0.717, 1.165) is 17.2 Å². The molecule has 1 aromatic heterocycles. The molecular weight excluding hydrogens is 288 g/mol. The van der Waals surface area contributed by atoms with Crippen molar-refractivity contribution in [3.05, 3.63) is 65.6 Å². The Morgan fingerprint density at radius 3 is 2.68 bits per heavy atom. The fourth-order valence-electron chi connectivity index (χ4n) is 2.05. The van der Waals surface area contributed by atoms with Crippen LogP contribution in [0.25, 0.3) is 11.5 Å². The Morgan fingerprint density at radius 2 is 1.91 bits per heavy atom. The third-order valence-electron chi connectivity index (χ3n) is 3.20. The maximum Gasteiger partial charge on any atom is 0.248 e. The summed E-state index contributed by atoms with van der Waals surface area (Å²) >= 11 is 0. The van der Waals surface area contributed by atoms with Crippen LogP contribution in [0.15, 0.2) is 46.9 Å². The van der Waals surface area contributed by atoms with Gasteiger partial charge in [0.15, 0.2) is 0 Å². The molecule has 0 amide bonds. The van der Waals surface area contributed by atoms with Crippen molar-refractivity contribution in [2.45, 2.75) is 13.5 Å². The van der Waals surface area contributed by atoms with Gasteiger partial charge in [-0.05, 0) is 30.7 Å². The molecule has 22 heavy (non-hydrogen) atoms. The minimum atomic E-state index is -0.668. The van der Waals surface area contributed by atoms with Crippen LogP contribution in [0.3, 0.4) is 0 Å². The Hall–Kier alpha value is -2.76. The van der Waals surface area contributed by atoms with Crippen molar-refractivity contribution in [3.8, 4) is 11.5 Å². The normalized spacial score (nSPS) is 10.7. The Morgan fingerprint density at radius 1 is 1.09 bits per heavy atom. The minimum absolute atomic E-state index is 0.154. The number of benzene rings is 2. The van der Waals surface area contributed by atoms with E-state index in [1.165, 1.54) is 12.1 Å². The van der Waals surface area contributed by atoms with E-state index in [-0.39, 0.29) is 12.2 Å². The van der Waals surface area contributed by atoms with Crippen LogP contribution >= 0.6 is 0 Å². The van der Waals surface area contributed by atoms with Crippen LogP contribution in [0.4, 0.5) is 14.5 Å². The third-order valence-corrected chi connectivity index (χ3v) is 3.20. The second-order valence-electron chi connectivity index (χ2n) is 4.79. The highest BCUT2D eigenvalue weighted by Crippen LogP contribution is 2.22. The van der Waals surface area contributed by atoms with Gasteiger partial charge in [0.1, 0.15) is 11.6 Å². The van der Waals surface area contributed by atoms with Gasteiger partial charge >= 0.3 is 0 Å². The van der Waals surface area contributed by atoms with Crippen LogP contribution in [0.5, 0.6) is 0 Å². The van der Waals surface area contributed by atoms with E-state index in [2.05, 4.69) is 15.5 Å². The van der Waals surface area contributed by atoms with E-state index in [1.807, 2.05) is 31.2 Å². The van der Waals surface area contributed by atoms with Gasteiger partial charge < -0.3 is 9.73 Å². The summed E-state index contributed by atoms with van der Waals surface area (Å²) in [5, 5.41) is 10.7. The zero-order chi connectivity index (χ0) is 15.5. The molecule has 0 atom stereocenters. The zero-order valence-electron chi connectivity index (χ0n) is 11.8. The number of hydrogen-bond donors (Lipinski definition) is 1. The number of nitrogens with zero attached hydrogens (tertiary/aromatic N) is 2. The Labute approximate surface area is 125 Å². The van der Waals surface area contributed by atoms with E-state index in [0.29, 0.717) is 11.8 Å². The van der Waals surface area contributed by atoms with Gasteiger partial charge in [0.25, 0.3) is 0 Å². The Balaban J connectivity index is 1.74. The summed E-state index contributed by atoms with van der Waals surface area (Å²) in [5.74, 6) is -0.558. The van der Waals surface area contributed by atoms with E-state index in [1.54, 1.807) is 0 Å². The van der Waals surface area contributed by atoms with Gasteiger partial charge in [-0.25, -0.2) is 8.78 Å². The van der Waals surface area contributed by atoms with Crippen molar-refractivity contribution < 1.29 is 13.2 Å². The molecule has 6 heteroatoms. The van der Waals surface area contributed by atoms with Crippen LogP contribution in [0, 0.1) is 18.6 Å². The van der Waals surface area contributed by atoms with Crippen molar-refractivity contribution in [2.24, 2.45) is 0 Å². The average molecular weight is 301 g/mol. The van der Waals surface area contributed by atoms with Crippen molar-refractivity contribution in [2.75, 3.05) is 5.32 Å². The Bertz CT molecular complexity index is 802. The minimum Gasteiger partial charge on any atom is -0.419 e. The monoisotopic (exact) mass is 301 g/mol. The van der Waals surface area contributed by atoms with Crippen molar-refractivity contribution in [1.29, 1.82) is 0 Å². The quantitative estimate of drug-likeness (QED) is 0.793. The van der Waals surface area contributed by atoms with Gasteiger partial charge in [0.05, 0.1) is 12.2 Å². The van der Waals surface area contributed by atoms with Crippen LogP contribution in [-0.2, 0) is 6.54 Å². The van der Waals surface area contributed by atoms with Crippen LogP contribution in [0.1, 0.15) is 11.5 Å². The molecule has 0 radical (unpaired) electrons. The van der Waals surface area contributed by atoms with Crippen LogP contribution < -0.4 is 5.32 Å². The molecule has 0 spiro atoms. The number of rotatable bonds is 4. The lowest BCUT2D eigenvalue weighted by Crippen LogP contribution is -2.02. The predicted molar refractivity (Wildman–Crippen MR) is 78.2 cm³/mol. The topological polar surface area (TPSA) is 51.0 Å². The first-order valence-electron chi connectivity index (χ1n) is 6.71. The molecule has 1 N–H and O–H groups in total. The molecule has 0 saturated carbocycles. The summed E-state index contributed by atoms with van der Waals surface area (Å²) in [6.07, 6.45) is 0. The molecule has 3 rings (SSSR count). The molecule has 0 saturated heterocycles. The molecular formula is C16H13F2N3O. The number of aryl methyl sites for hydroxylation is 1. The highest BCUT2D eigenvalue weighted by atomic mass is 19.1. The van der Waals surface area contributed by atoms with Crippen molar-refractivity contribution in [3.63, 3.8) is 0 Å². The summed E-state index contributed by atoms with van der Waals surface area (Å²) < 4.78 is 31.9. The van der Waals surface area contributed by atoms with E-state index in [9.17, 15) is 8.78 Å². The van der Waals surface area contributed by atoms with Gasteiger partial charge in [-0.1, -0.05) is 18.2 Å². The second-order valence-corrected chi connectivity index (χ2v) is 4.79. The second kappa shape index (κ2) is 5.93. The van der Waals surface area contributed by atoms with E-state index in [4.69, 9.17) is 4.42 Å². The predicted octanol–water partition coefficient (Wildman–Crippen LogP) is 3.94. The molecule has 3 aromatic rings. The largest absolute Gasteiger partial charge is 0.419 e. The number of anilines is 1. The highest BCUT2D eigenvalue weighted by Gasteiger charge is 2.11. The molecule has 112 valence electrons. The summed E-state index contributed by atoms with van der Waals surface area (Å²) in [6, 6.07) is 11.0. The summed E-state index contributed by atoms with van der Waals surface area (Å²) in [6.45, 7) is 2.10. The number of nitrogens with one attached hydrogen (secondary N) is 1. The first-order chi connectivity index (χ1) is 10.6. The fourth-order valence-corrected chi connectivity index (χ4v) is 2.05. The van der Waals surface area contributed by atoms with E-state index >= 15 is 0 Å². The number of hydrogen-bond acceptors (Lipinski definition) is 4. The van der Waals surface area contributed by atoms with E-state index < -0.39 is 11.6 Å². The summed E-state index contributed by atoms with van der Waals surface area (Å²) in [5.41, 5.74) is 2.06. The zero-order valence-corrected chi connectivity index (χ0v) is 11.8. The molecule has 2 aromatic carbocycles. The lowest BCUT2D eigenvalue weighted by molar-refractivity contribution is 0.513.